The number of hydrogen-bond donors (Lipinski definition) is 2. The summed E-state index contributed by atoms with van der Waals surface area (Å²) in [4.78, 5) is 11.2. The molecule has 6 nitrogen and oxygen atoms in total. The number of nitrogens with two attached hydrogens (primary N) is 1. The number of rotatable bonds is 6. The van der Waals surface area contributed by atoms with Gasteiger partial charge in [-0.3, -0.25) is 4.79 Å². The van der Waals surface area contributed by atoms with Crippen molar-refractivity contribution in [2.24, 2.45) is 11.7 Å². The molecule has 1 amide bonds. The summed E-state index contributed by atoms with van der Waals surface area (Å²) in [6, 6.07) is 0. The summed E-state index contributed by atoms with van der Waals surface area (Å²) in [5.74, 6) is 0.182. The molecule has 1 aromatic rings. The van der Waals surface area contributed by atoms with Gasteiger partial charge in [-0.1, -0.05) is 12.1 Å². The number of aliphatic hydroxyl groups is 1. The highest BCUT2D eigenvalue weighted by atomic mass is 16.3. The number of aromatic nitrogens is 3. The topological polar surface area (TPSA) is 94.0 Å². The maximum Gasteiger partial charge on any atom is 0.271 e. The van der Waals surface area contributed by atoms with Crippen LogP contribution in [-0.4, -0.2) is 32.6 Å². The summed E-state index contributed by atoms with van der Waals surface area (Å²) in [7, 11) is 0. The molecule has 0 bridgehead atoms. The summed E-state index contributed by atoms with van der Waals surface area (Å²) < 4.78 is 1.78. The summed E-state index contributed by atoms with van der Waals surface area (Å²) >= 11 is 0. The Morgan fingerprint density at radius 3 is 2.88 bits per heavy atom. The van der Waals surface area contributed by atoms with Crippen molar-refractivity contribution in [2.45, 2.75) is 38.6 Å². The number of primary amides is 1. The lowest BCUT2D eigenvalue weighted by Gasteiger charge is -2.11. The van der Waals surface area contributed by atoms with Crippen LogP contribution in [-0.2, 0) is 6.54 Å². The Bertz CT molecular complexity index is 412. The molecule has 1 saturated carbocycles. The van der Waals surface area contributed by atoms with Gasteiger partial charge in [-0.25, -0.2) is 4.68 Å². The third kappa shape index (κ3) is 2.63. The predicted molar refractivity (Wildman–Crippen MR) is 61.4 cm³/mol. The normalized spacial score (nSPS) is 17.1. The number of nitrogens with zero attached hydrogens (tertiary/aromatic N) is 3. The van der Waals surface area contributed by atoms with Crippen LogP contribution in [0.4, 0.5) is 0 Å². The summed E-state index contributed by atoms with van der Waals surface area (Å²) in [5.41, 5.74) is 6.47. The minimum Gasteiger partial charge on any atom is -0.396 e. The van der Waals surface area contributed by atoms with Crippen molar-refractivity contribution in [3.8, 4) is 0 Å². The average molecular weight is 238 g/mol. The number of aliphatic hydroxyl groups excluding tert-OH is 1. The Balaban J connectivity index is 2.19. The van der Waals surface area contributed by atoms with E-state index >= 15 is 0 Å². The zero-order valence-electron chi connectivity index (χ0n) is 9.96. The van der Waals surface area contributed by atoms with Crippen molar-refractivity contribution >= 4 is 5.91 Å². The van der Waals surface area contributed by atoms with Crippen LogP contribution < -0.4 is 5.73 Å². The highest BCUT2D eigenvalue weighted by Crippen LogP contribution is 2.41. The van der Waals surface area contributed by atoms with Crippen molar-refractivity contribution in [3.63, 3.8) is 0 Å². The van der Waals surface area contributed by atoms with Crippen molar-refractivity contribution in [1.82, 2.24) is 15.0 Å². The third-order valence-corrected chi connectivity index (χ3v) is 3.08. The largest absolute Gasteiger partial charge is 0.396 e. The molecule has 17 heavy (non-hydrogen) atoms. The van der Waals surface area contributed by atoms with Gasteiger partial charge in [0, 0.05) is 19.1 Å². The molecule has 2 rings (SSSR count). The highest BCUT2D eigenvalue weighted by molar-refractivity contribution is 5.92. The molecule has 0 aliphatic heterocycles. The van der Waals surface area contributed by atoms with Gasteiger partial charge in [0.05, 0.1) is 5.69 Å². The smallest absolute Gasteiger partial charge is 0.271 e. The fraction of sp³-hybridized carbons (Fsp3) is 0.727. The van der Waals surface area contributed by atoms with E-state index in [1.165, 1.54) is 0 Å². The van der Waals surface area contributed by atoms with Crippen LogP contribution in [0.5, 0.6) is 0 Å². The Morgan fingerprint density at radius 2 is 2.35 bits per heavy atom. The fourth-order valence-corrected chi connectivity index (χ4v) is 2.00. The van der Waals surface area contributed by atoms with E-state index in [1.54, 1.807) is 4.68 Å². The van der Waals surface area contributed by atoms with E-state index in [2.05, 4.69) is 10.3 Å². The lowest BCUT2D eigenvalue weighted by Crippen LogP contribution is -2.16. The third-order valence-electron chi connectivity index (χ3n) is 3.08. The van der Waals surface area contributed by atoms with Crippen LogP contribution in [0.15, 0.2) is 0 Å². The van der Waals surface area contributed by atoms with Gasteiger partial charge in [-0.15, -0.1) is 5.10 Å². The molecule has 3 N–H and O–H groups in total. The van der Waals surface area contributed by atoms with Gasteiger partial charge in [0.1, 0.15) is 0 Å². The summed E-state index contributed by atoms with van der Waals surface area (Å²) in [5, 5.41) is 16.8. The Kier molecular flexibility index (Phi) is 3.42. The molecular formula is C11H18N4O2. The molecule has 6 heteroatoms. The highest BCUT2D eigenvalue weighted by Gasteiger charge is 2.33. The molecule has 1 atom stereocenters. The lowest BCUT2D eigenvalue weighted by molar-refractivity contribution is 0.0994. The molecule has 0 saturated heterocycles. The molecular weight excluding hydrogens is 220 g/mol. The van der Waals surface area contributed by atoms with E-state index < -0.39 is 5.91 Å². The van der Waals surface area contributed by atoms with Gasteiger partial charge < -0.3 is 10.8 Å². The van der Waals surface area contributed by atoms with Gasteiger partial charge >= 0.3 is 0 Å². The second-order valence-corrected chi connectivity index (χ2v) is 4.76. The number of carbonyl (C=O) groups is 1. The number of carbonyl (C=O) groups excluding carboxylic acids is 1. The van der Waals surface area contributed by atoms with Crippen LogP contribution in [0.25, 0.3) is 0 Å². The standard InChI is InChI=1S/C11H18N4O2/c1-7(4-5-16)6-15-10(8-2-3-8)9(11(12)17)13-14-15/h7-8,16H,2-6H2,1H3,(H2,12,17). The first-order valence-electron chi connectivity index (χ1n) is 5.97. The van der Waals surface area contributed by atoms with Gasteiger partial charge in [-0.2, -0.15) is 0 Å². The first kappa shape index (κ1) is 12.0. The Morgan fingerprint density at radius 1 is 1.65 bits per heavy atom. The van der Waals surface area contributed by atoms with Crippen molar-refractivity contribution < 1.29 is 9.90 Å². The Hall–Kier alpha value is -1.43. The van der Waals surface area contributed by atoms with E-state index in [0.29, 0.717) is 24.1 Å². The molecule has 1 aliphatic carbocycles. The number of hydrogen-bond acceptors (Lipinski definition) is 4. The van der Waals surface area contributed by atoms with Crippen molar-refractivity contribution in [3.05, 3.63) is 11.4 Å². The van der Waals surface area contributed by atoms with Gasteiger partial charge in [0.15, 0.2) is 5.69 Å². The van der Waals surface area contributed by atoms with Crippen molar-refractivity contribution in [1.29, 1.82) is 0 Å². The van der Waals surface area contributed by atoms with E-state index in [4.69, 9.17) is 10.8 Å². The molecule has 1 aliphatic rings. The molecule has 0 radical (unpaired) electrons. The monoisotopic (exact) mass is 238 g/mol. The maximum atomic E-state index is 11.2. The van der Waals surface area contributed by atoms with Crippen molar-refractivity contribution in [2.75, 3.05) is 6.61 Å². The van der Waals surface area contributed by atoms with E-state index in [0.717, 1.165) is 25.0 Å². The first-order chi connectivity index (χ1) is 8.13. The second-order valence-electron chi connectivity index (χ2n) is 4.76. The van der Waals surface area contributed by atoms with Gasteiger partial charge in [0.2, 0.25) is 0 Å². The maximum absolute atomic E-state index is 11.2. The molecule has 0 aromatic carbocycles. The van der Waals surface area contributed by atoms with E-state index in [9.17, 15) is 4.79 Å². The van der Waals surface area contributed by atoms with Crippen LogP contribution in [0, 0.1) is 5.92 Å². The second kappa shape index (κ2) is 4.83. The molecule has 1 unspecified atom stereocenters. The first-order valence-corrected chi connectivity index (χ1v) is 5.97. The minimum atomic E-state index is -0.507. The van der Waals surface area contributed by atoms with Gasteiger partial charge in [0.25, 0.3) is 5.91 Å². The minimum absolute atomic E-state index is 0.164. The number of amides is 1. The Labute approximate surface area is 99.8 Å². The van der Waals surface area contributed by atoms with Crippen LogP contribution in [0.2, 0.25) is 0 Å². The zero-order valence-corrected chi connectivity index (χ0v) is 9.96. The average Bonchev–Trinajstić information content (AvgIpc) is 3.00. The van der Waals surface area contributed by atoms with Crippen LogP contribution in [0.3, 0.4) is 0 Å². The molecule has 0 spiro atoms. The molecule has 94 valence electrons. The summed E-state index contributed by atoms with van der Waals surface area (Å²) in [6.45, 7) is 2.88. The van der Waals surface area contributed by atoms with Gasteiger partial charge in [-0.05, 0) is 25.2 Å². The SMILES string of the molecule is CC(CCO)Cn1nnc(C(N)=O)c1C1CC1. The molecule has 1 fully saturated rings. The summed E-state index contributed by atoms with van der Waals surface area (Å²) in [6.07, 6.45) is 2.86. The molecule has 1 aromatic heterocycles. The van der Waals surface area contributed by atoms with E-state index in [1.807, 2.05) is 6.92 Å². The quantitative estimate of drug-likeness (QED) is 0.744. The molecule has 1 heterocycles. The fourth-order valence-electron chi connectivity index (χ4n) is 2.00. The lowest BCUT2D eigenvalue weighted by atomic mass is 10.1. The van der Waals surface area contributed by atoms with Crippen LogP contribution >= 0.6 is 0 Å². The zero-order chi connectivity index (χ0) is 12.4. The van der Waals surface area contributed by atoms with Crippen LogP contribution in [0.1, 0.15) is 48.3 Å². The predicted octanol–water partition coefficient (Wildman–Crippen LogP) is 0.273. The van der Waals surface area contributed by atoms with E-state index in [-0.39, 0.29) is 6.61 Å².